The van der Waals surface area contributed by atoms with Crippen LogP contribution in [-0.2, 0) is 4.74 Å². The van der Waals surface area contributed by atoms with Gasteiger partial charge in [0.25, 0.3) is 0 Å². The van der Waals surface area contributed by atoms with Crippen molar-refractivity contribution in [3.63, 3.8) is 0 Å². The average Bonchev–Trinajstić information content (AvgIpc) is 2.99. The van der Waals surface area contributed by atoms with Gasteiger partial charge in [0.2, 0.25) is 0 Å². The molecule has 0 saturated carbocycles. The Labute approximate surface area is 108 Å². The van der Waals surface area contributed by atoms with E-state index in [2.05, 4.69) is 22.5 Å². The van der Waals surface area contributed by atoms with Gasteiger partial charge in [0.05, 0.1) is 18.2 Å². The van der Waals surface area contributed by atoms with Gasteiger partial charge in [0.1, 0.15) is 11.6 Å². The Morgan fingerprint density at radius 1 is 1.33 bits per heavy atom. The lowest BCUT2D eigenvalue weighted by Gasteiger charge is -2.20. The first-order chi connectivity index (χ1) is 8.85. The standard InChI is InChI=1S/C14H21N3O/c1-2-8-15-13-4-3-5-14(17-13)16-11-9-10-6-7-12(11)18-10/h3-5,10-12H,2,6-9H2,1H3,(H2,15,16,17). The minimum atomic E-state index is 0.393. The summed E-state index contributed by atoms with van der Waals surface area (Å²) in [6, 6.07) is 6.53. The Morgan fingerprint density at radius 3 is 2.94 bits per heavy atom. The molecule has 3 heterocycles. The van der Waals surface area contributed by atoms with Crippen molar-refractivity contribution in [3.8, 4) is 0 Å². The van der Waals surface area contributed by atoms with E-state index in [4.69, 9.17) is 4.74 Å². The first-order valence-electron chi connectivity index (χ1n) is 6.98. The SMILES string of the molecule is CCCNc1cccc(NC2CC3CCC2O3)n1. The molecule has 4 heteroatoms. The Hall–Kier alpha value is -1.29. The van der Waals surface area contributed by atoms with Crippen molar-refractivity contribution in [2.24, 2.45) is 0 Å². The molecule has 2 N–H and O–H groups in total. The molecule has 0 aromatic carbocycles. The molecule has 1 aromatic heterocycles. The summed E-state index contributed by atoms with van der Waals surface area (Å²) in [4.78, 5) is 4.58. The number of aromatic nitrogens is 1. The maximum absolute atomic E-state index is 5.85. The van der Waals surface area contributed by atoms with Gasteiger partial charge < -0.3 is 15.4 Å². The van der Waals surface area contributed by atoms with Crippen LogP contribution >= 0.6 is 0 Å². The Morgan fingerprint density at radius 2 is 2.22 bits per heavy atom. The third-order valence-corrected chi connectivity index (χ3v) is 3.74. The molecule has 1 aromatic rings. The number of rotatable bonds is 5. The van der Waals surface area contributed by atoms with Crippen LogP contribution in [0.3, 0.4) is 0 Å². The zero-order valence-electron chi connectivity index (χ0n) is 10.9. The molecule has 3 rings (SSSR count). The Kier molecular flexibility index (Phi) is 3.37. The summed E-state index contributed by atoms with van der Waals surface area (Å²) in [5.41, 5.74) is 0. The van der Waals surface area contributed by atoms with Crippen molar-refractivity contribution in [2.45, 2.75) is 50.9 Å². The van der Waals surface area contributed by atoms with E-state index in [0.29, 0.717) is 18.2 Å². The first-order valence-corrected chi connectivity index (χ1v) is 6.98. The van der Waals surface area contributed by atoms with E-state index < -0.39 is 0 Å². The van der Waals surface area contributed by atoms with E-state index in [1.54, 1.807) is 0 Å². The fourth-order valence-corrected chi connectivity index (χ4v) is 2.85. The molecular formula is C14H21N3O. The van der Waals surface area contributed by atoms with Crippen LogP contribution in [0.15, 0.2) is 18.2 Å². The highest BCUT2D eigenvalue weighted by molar-refractivity contribution is 5.46. The molecule has 2 saturated heterocycles. The molecule has 98 valence electrons. The maximum atomic E-state index is 5.85. The van der Waals surface area contributed by atoms with Crippen molar-refractivity contribution in [2.75, 3.05) is 17.2 Å². The van der Waals surface area contributed by atoms with E-state index in [-0.39, 0.29) is 0 Å². The Bertz CT molecular complexity index is 410. The van der Waals surface area contributed by atoms with Crippen molar-refractivity contribution < 1.29 is 4.74 Å². The summed E-state index contributed by atoms with van der Waals surface area (Å²) < 4.78 is 5.85. The van der Waals surface area contributed by atoms with Crippen LogP contribution in [0.25, 0.3) is 0 Å². The summed E-state index contributed by atoms with van der Waals surface area (Å²) in [5, 5.41) is 6.82. The van der Waals surface area contributed by atoms with Gasteiger partial charge in [0, 0.05) is 6.54 Å². The molecule has 0 radical (unpaired) electrons. The normalized spacial score (nSPS) is 29.5. The number of anilines is 2. The highest BCUT2D eigenvalue weighted by Gasteiger charge is 2.40. The lowest BCUT2D eigenvalue weighted by molar-refractivity contribution is 0.102. The second-order valence-corrected chi connectivity index (χ2v) is 5.20. The number of nitrogens with zero attached hydrogens (tertiary/aromatic N) is 1. The predicted octanol–water partition coefficient (Wildman–Crippen LogP) is 2.64. The first kappa shape index (κ1) is 11.8. The minimum absolute atomic E-state index is 0.393. The molecule has 3 unspecified atom stereocenters. The minimum Gasteiger partial charge on any atom is -0.373 e. The number of fused-ring (bicyclic) bond motifs is 2. The highest BCUT2D eigenvalue weighted by atomic mass is 16.5. The van der Waals surface area contributed by atoms with Crippen molar-refractivity contribution in [3.05, 3.63) is 18.2 Å². The van der Waals surface area contributed by atoms with Gasteiger partial charge in [-0.15, -0.1) is 0 Å². The van der Waals surface area contributed by atoms with E-state index >= 15 is 0 Å². The van der Waals surface area contributed by atoms with Crippen LogP contribution in [0.1, 0.15) is 32.6 Å². The summed E-state index contributed by atoms with van der Waals surface area (Å²) in [6.45, 7) is 3.12. The lowest BCUT2D eigenvalue weighted by Crippen LogP contribution is -2.30. The van der Waals surface area contributed by atoms with Crippen LogP contribution in [0.4, 0.5) is 11.6 Å². The van der Waals surface area contributed by atoms with Crippen molar-refractivity contribution in [1.82, 2.24) is 4.98 Å². The van der Waals surface area contributed by atoms with Gasteiger partial charge in [-0.05, 0) is 37.8 Å². The fourth-order valence-electron chi connectivity index (χ4n) is 2.85. The molecule has 18 heavy (non-hydrogen) atoms. The molecule has 4 nitrogen and oxygen atoms in total. The molecule has 3 atom stereocenters. The van der Waals surface area contributed by atoms with E-state index in [0.717, 1.165) is 31.0 Å². The van der Waals surface area contributed by atoms with Crippen LogP contribution in [0.2, 0.25) is 0 Å². The van der Waals surface area contributed by atoms with Gasteiger partial charge in [-0.3, -0.25) is 0 Å². The van der Waals surface area contributed by atoms with Gasteiger partial charge in [-0.25, -0.2) is 4.98 Å². The van der Waals surface area contributed by atoms with E-state index in [1.807, 2.05) is 18.2 Å². The maximum Gasteiger partial charge on any atom is 0.128 e. The average molecular weight is 247 g/mol. The van der Waals surface area contributed by atoms with Crippen LogP contribution in [0, 0.1) is 0 Å². The molecule has 0 spiro atoms. The largest absolute Gasteiger partial charge is 0.373 e. The summed E-state index contributed by atoms with van der Waals surface area (Å²) >= 11 is 0. The van der Waals surface area contributed by atoms with Gasteiger partial charge in [0.15, 0.2) is 0 Å². The summed E-state index contributed by atoms with van der Waals surface area (Å²) in [7, 11) is 0. The van der Waals surface area contributed by atoms with Crippen LogP contribution in [-0.4, -0.2) is 29.8 Å². The lowest BCUT2D eigenvalue weighted by atomic mass is 9.95. The number of pyridine rings is 1. The molecule has 2 fully saturated rings. The van der Waals surface area contributed by atoms with Crippen LogP contribution in [0.5, 0.6) is 0 Å². The number of ether oxygens (including phenoxy) is 1. The van der Waals surface area contributed by atoms with Crippen molar-refractivity contribution in [1.29, 1.82) is 0 Å². The van der Waals surface area contributed by atoms with Gasteiger partial charge in [-0.2, -0.15) is 0 Å². The van der Waals surface area contributed by atoms with Gasteiger partial charge in [-0.1, -0.05) is 13.0 Å². The highest BCUT2D eigenvalue weighted by Crippen LogP contribution is 2.35. The summed E-state index contributed by atoms with van der Waals surface area (Å²) in [5.74, 6) is 1.91. The predicted molar refractivity (Wildman–Crippen MR) is 72.9 cm³/mol. The Balaban J connectivity index is 1.62. The second kappa shape index (κ2) is 5.14. The third kappa shape index (κ3) is 2.43. The van der Waals surface area contributed by atoms with Gasteiger partial charge >= 0.3 is 0 Å². The summed E-state index contributed by atoms with van der Waals surface area (Å²) in [6.07, 6.45) is 5.53. The quantitative estimate of drug-likeness (QED) is 0.839. The number of nitrogens with one attached hydrogen (secondary N) is 2. The fraction of sp³-hybridized carbons (Fsp3) is 0.643. The molecule has 0 aliphatic carbocycles. The molecular weight excluding hydrogens is 226 g/mol. The second-order valence-electron chi connectivity index (χ2n) is 5.20. The third-order valence-electron chi connectivity index (χ3n) is 3.74. The van der Waals surface area contributed by atoms with E-state index in [9.17, 15) is 0 Å². The molecule has 2 aliphatic heterocycles. The van der Waals surface area contributed by atoms with E-state index in [1.165, 1.54) is 12.8 Å². The zero-order valence-corrected chi connectivity index (χ0v) is 10.9. The zero-order chi connectivity index (χ0) is 12.4. The molecule has 2 bridgehead atoms. The smallest absolute Gasteiger partial charge is 0.128 e. The number of hydrogen-bond acceptors (Lipinski definition) is 4. The number of hydrogen-bond donors (Lipinski definition) is 2. The molecule has 0 amide bonds. The van der Waals surface area contributed by atoms with Crippen molar-refractivity contribution >= 4 is 11.6 Å². The topological polar surface area (TPSA) is 46.2 Å². The monoisotopic (exact) mass is 247 g/mol. The van der Waals surface area contributed by atoms with Crippen LogP contribution < -0.4 is 10.6 Å². The molecule has 2 aliphatic rings.